The lowest BCUT2D eigenvalue weighted by Crippen LogP contribution is -2.41. The van der Waals surface area contributed by atoms with Gasteiger partial charge in [-0.2, -0.15) is 0 Å². The highest BCUT2D eigenvalue weighted by atomic mass is 16.2. The number of aromatic nitrogens is 2. The van der Waals surface area contributed by atoms with Crippen molar-refractivity contribution < 1.29 is 9.59 Å². The van der Waals surface area contributed by atoms with E-state index in [2.05, 4.69) is 60.2 Å². The quantitative estimate of drug-likeness (QED) is 0.552. The maximum atomic E-state index is 13.0. The number of imidazole rings is 1. The van der Waals surface area contributed by atoms with Crippen molar-refractivity contribution in [1.82, 2.24) is 14.9 Å². The summed E-state index contributed by atoms with van der Waals surface area (Å²) in [6, 6.07) is 18.2. The highest BCUT2D eigenvalue weighted by Gasteiger charge is 2.35. The molecule has 1 fully saturated rings. The van der Waals surface area contributed by atoms with E-state index in [1.54, 1.807) is 11.1 Å². The van der Waals surface area contributed by atoms with Gasteiger partial charge < -0.3 is 9.88 Å². The molecule has 160 valence electrons. The molecular weight excluding hydrogens is 386 g/mol. The van der Waals surface area contributed by atoms with Crippen LogP contribution in [0.4, 0.5) is 0 Å². The van der Waals surface area contributed by atoms with E-state index in [1.807, 2.05) is 18.2 Å². The van der Waals surface area contributed by atoms with Gasteiger partial charge in [0.15, 0.2) is 5.82 Å². The summed E-state index contributed by atoms with van der Waals surface area (Å²) in [4.78, 5) is 35.0. The highest BCUT2D eigenvalue weighted by Crippen LogP contribution is 2.24. The third-order valence-corrected chi connectivity index (χ3v) is 6.02. The van der Waals surface area contributed by atoms with Crippen molar-refractivity contribution in [3.63, 3.8) is 0 Å². The third-order valence-electron chi connectivity index (χ3n) is 6.02. The molecule has 1 aliphatic heterocycles. The fourth-order valence-electron chi connectivity index (χ4n) is 4.14. The molecule has 0 bridgehead atoms. The molecule has 31 heavy (non-hydrogen) atoms. The van der Waals surface area contributed by atoms with E-state index in [1.165, 1.54) is 11.1 Å². The fraction of sp³-hybridized carbons (Fsp3) is 0.346. The van der Waals surface area contributed by atoms with E-state index in [9.17, 15) is 9.59 Å². The molecule has 5 nitrogen and oxygen atoms in total. The van der Waals surface area contributed by atoms with Gasteiger partial charge in [-0.25, -0.2) is 4.98 Å². The molecule has 5 heteroatoms. The topological polar surface area (TPSA) is 66.1 Å². The molecule has 1 aliphatic rings. The standard InChI is InChI=1S/C26H29N3O2/c1-18(2)22-17-27-26(28-22)25(31)23-9-6-16-29(23)24(30)15-12-19-10-13-21(14-11-19)20-7-4-3-5-8-20/h3-5,7-8,10-11,13-14,17-18,23H,6,9,12,15-16H2,1-2H3,(H,27,28)/t23-/m0/s1. The maximum absolute atomic E-state index is 13.0. The molecule has 0 radical (unpaired) electrons. The molecule has 2 aromatic carbocycles. The minimum atomic E-state index is -0.404. The molecule has 1 aromatic heterocycles. The molecule has 1 N–H and O–H groups in total. The summed E-state index contributed by atoms with van der Waals surface area (Å²) in [5.41, 5.74) is 4.42. The van der Waals surface area contributed by atoms with Crippen molar-refractivity contribution in [3.8, 4) is 11.1 Å². The van der Waals surface area contributed by atoms with Crippen LogP contribution in [0.1, 0.15) is 60.9 Å². The van der Waals surface area contributed by atoms with Crippen LogP contribution in [-0.4, -0.2) is 39.1 Å². The Bertz CT molecular complexity index is 1040. The Morgan fingerprint density at radius 2 is 1.77 bits per heavy atom. The Labute approximate surface area is 183 Å². The zero-order valence-corrected chi connectivity index (χ0v) is 18.2. The van der Waals surface area contributed by atoms with Gasteiger partial charge in [0.2, 0.25) is 11.7 Å². The largest absolute Gasteiger partial charge is 0.339 e. The van der Waals surface area contributed by atoms with E-state index < -0.39 is 6.04 Å². The summed E-state index contributed by atoms with van der Waals surface area (Å²) in [6.45, 7) is 4.75. The molecule has 1 saturated heterocycles. The molecule has 3 aromatic rings. The van der Waals surface area contributed by atoms with Crippen molar-refractivity contribution in [1.29, 1.82) is 0 Å². The van der Waals surface area contributed by atoms with Gasteiger partial charge >= 0.3 is 0 Å². The predicted molar refractivity (Wildman–Crippen MR) is 122 cm³/mol. The summed E-state index contributed by atoms with van der Waals surface area (Å²) in [7, 11) is 0. The number of aromatic amines is 1. The van der Waals surface area contributed by atoms with Crippen LogP contribution in [0.25, 0.3) is 11.1 Å². The first-order valence-electron chi connectivity index (χ1n) is 11.1. The highest BCUT2D eigenvalue weighted by molar-refractivity contribution is 5.99. The predicted octanol–water partition coefficient (Wildman–Crippen LogP) is 5.01. The van der Waals surface area contributed by atoms with Gasteiger partial charge in [-0.1, -0.05) is 68.4 Å². The third kappa shape index (κ3) is 4.76. The zero-order valence-electron chi connectivity index (χ0n) is 18.2. The molecule has 0 aliphatic carbocycles. The van der Waals surface area contributed by atoms with Gasteiger partial charge in [-0.3, -0.25) is 9.59 Å². The summed E-state index contributed by atoms with van der Waals surface area (Å²) >= 11 is 0. The molecule has 0 spiro atoms. The van der Waals surface area contributed by atoms with Crippen molar-refractivity contribution in [2.24, 2.45) is 0 Å². The normalized spacial score (nSPS) is 16.1. The molecule has 0 saturated carbocycles. The van der Waals surface area contributed by atoms with Gasteiger partial charge in [0.05, 0.1) is 6.04 Å². The molecule has 1 amide bonds. The number of amides is 1. The number of nitrogens with one attached hydrogen (secondary N) is 1. The smallest absolute Gasteiger partial charge is 0.223 e. The van der Waals surface area contributed by atoms with Crippen LogP contribution in [0.5, 0.6) is 0 Å². The first-order valence-corrected chi connectivity index (χ1v) is 11.1. The number of likely N-dealkylation sites (tertiary alicyclic amines) is 1. The number of Topliss-reactive ketones (excluding diaryl/α,β-unsaturated/α-hetero) is 1. The van der Waals surface area contributed by atoms with Crippen molar-refractivity contribution in [2.75, 3.05) is 6.54 Å². The second kappa shape index (κ2) is 9.29. The average molecular weight is 416 g/mol. The first kappa shape index (κ1) is 21.0. The van der Waals surface area contributed by atoms with Crippen molar-refractivity contribution >= 4 is 11.7 Å². The van der Waals surface area contributed by atoms with Gasteiger partial charge in [0, 0.05) is 24.9 Å². The van der Waals surface area contributed by atoms with Crippen LogP contribution >= 0.6 is 0 Å². The van der Waals surface area contributed by atoms with Crippen molar-refractivity contribution in [2.45, 2.75) is 51.5 Å². The fourth-order valence-corrected chi connectivity index (χ4v) is 4.14. The van der Waals surface area contributed by atoms with Crippen LogP contribution in [0, 0.1) is 0 Å². The van der Waals surface area contributed by atoms with E-state index in [0.29, 0.717) is 31.6 Å². The van der Waals surface area contributed by atoms with Gasteiger partial charge in [-0.05, 0) is 41.9 Å². The van der Waals surface area contributed by atoms with Crippen LogP contribution in [0.15, 0.2) is 60.8 Å². The molecule has 4 rings (SSSR count). The first-order chi connectivity index (χ1) is 15.0. The number of hydrogen-bond acceptors (Lipinski definition) is 3. The number of ketones is 1. The van der Waals surface area contributed by atoms with Gasteiger partial charge in [0.25, 0.3) is 0 Å². The van der Waals surface area contributed by atoms with Gasteiger partial charge in [-0.15, -0.1) is 0 Å². The minimum absolute atomic E-state index is 0.0404. The van der Waals surface area contributed by atoms with Crippen molar-refractivity contribution in [3.05, 3.63) is 77.9 Å². The number of aryl methyl sites for hydroxylation is 1. The zero-order chi connectivity index (χ0) is 21.8. The lowest BCUT2D eigenvalue weighted by molar-refractivity contribution is -0.131. The number of hydrogen-bond donors (Lipinski definition) is 1. The molecule has 2 heterocycles. The second-order valence-electron chi connectivity index (χ2n) is 8.51. The maximum Gasteiger partial charge on any atom is 0.223 e. The summed E-state index contributed by atoms with van der Waals surface area (Å²) in [5, 5.41) is 0. The Morgan fingerprint density at radius 3 is 2.45 bits per heavy atom. The van der Waals surface area contributed by atoms with Crippen LogP contribution in [-0.2, 0) is 11.2 Å². The van der Waals surface area contributed by atoms with E-state index in [4.69, 9.17) is 0 Å². The van der Waals surface area contributed by atoms with E-state index >= 15 is 0 Å². The minimum Gasteiger partial charge on any atom is -0.339 e. The molecular formula is C26H29N3O2. The number of H-pyrrole nitrogens is 1. The average Bonchev–Trinajstić information content (AvgIpc) is 3.48. The number of rotatable bonds is 7. The lowest BCUT2D eigenvalue weighted by atomic mass is 10.0. The lowest BCUT2D eigenvalue weighted by Gasteiger charge is -2.23. The van der Waals surface area contributed by atoms with Crippen LogP contribution < -0.4 is 0 Å². The Morgan fingerprint density at radius 1 is 1.06 bits per heavy atom. The summed E-state index contributed by atoms with van der Waals surface area (Å²) in [5.74, 6) is 0.608. The second-order valence-corrected chi connectivity index (χ2v) is 8.51. The monoisotopic (exact) mass is 415 g/mol. The Hall–Kier alpha value is -3.21. The Balaban J connectivity index is 1.37. The molecule has 0 unspecified atom stereocenters. The van der Waals surface area contributed by atoms with E-state index in [-0.39, 0.29) is 17.6 Å². The van der Waals surface area contributed by atoms with Gasteiger partial charge in [0.1, 0.15) is 0 Å². The van der Waals surface area contributed by atoms with E-state index in [0.717, 1.165) is 17.7 Å². The number of benzene rings is 2. The van der Waals surface area contributed by atoms with Crippen LogP contribution in [0.2, 0.25) is 0 Å². The summed E-state index contributed by atoms with van der Waals surface area (Å²) in [6.07, 6.45) is 4.35. The molecule has 1 atom stereocenters. The Kier molecular flexibility index (Phi) is 6.31. The van der Waals surface area contributed by atoms with Crippen LogP contribution in [0.3, 0.4) is 0 Å². The SMILES string of the molecule is CC(C)c1cnc(C(=O)[C@@H]2CCCN2C(=O)CCc2ccc(-c3ccccc3)cc2)[nH]1. The summed E-state index contributed by atoms with van der Waals surface area (Å²) < 4.78 is 0. The number of carbonyl (C=O) groups is 2. The number of nitrogens with zero attached hydrogens (tertiary/aromatic N) is 2. The number of carbonyl (C=O) groups excluding carboxylic acids is 2.